The van der Waals surface area contributed by atoms with Crippen molar-refractivity contribution < 1.29 is 14.3 Å². The van der Waals surface area contributed by atoms with Gasteiger partial charge in [-0.15, -0.1) is 0 Å². The maximum Gasteiger partial charge on any atom is 0.307 e. The van der Waals surface area contributed by atoms with Crippen molar-refractivity contribution in [3.63, 3.8) is 0 Å². The van der Waals surface area contributed by atoms with Gasteiger partial charge in [-0.1, -0.05) is 12.1 Å². The average molecular weight is 302 g/mol. The predicted molar refractivity (Wildman–Crippen MR) is 65.1 cm³/mol. The van der Waals surface area contributed by atoms with Gasteiger partial charge < -0.3 is 5.11 Å². The van der Waals surface area contributed by atoms with Crippen molar-refractivity contribution in [1.82, 2.24) is 4.90 Å². The summed E-state index contributed by atoms with van der Waals surface area (Å²) in [5, 5.41) is 8.90. The number of hydrogen-bond acceptors (Lipinski definition) is 2. The maximum atomic E-state index is 13.3. The van der Waals surface area contributed by atoms with Crippen LogP contribution in [0.2, 0.25) is 0 Å². The van der Waals surface area contributed by atoms with Crippen LogP contribution in [0.1, 0.15) is 12.0 Å². The first-order chi connectivity index (χ1) is 8.08. The van der Waals surface area contributed by atoms with Crippen molar-refractivity contribution in [1.29, 1.82) is 0 Å². The summed E-state index contributed by atoms with van der Waals surface area (Å²) < 4.78 is 13.8. The third-order valence-corrected chi connectivity index (χ3v) is 3.94. The van der Waals surface area contributed by atoms with Crippen LogP contribution in [-0.2, 0) is 11.3 Å². The first kappa shape index (κ1) is 12.5. The molecule has 17 heavy (non-hydrogen) atoms. The number of carbonyl (C=O) groups is 1. The molecule has 5 heteroatoms. The molecule has 1 aliphatic heterocycles. The molecular weight excluding hydrogens is 289 g/mol. The normalized spacial score (nSPS) is 20.7. The van der Waals surface area contributed by atoms with Crippen LogP contribution in [0.25, 0.3) is 0 Å². The minimum Gasteiger partial charge on any atom is -0.481 e. The molecule has 0 bridgehead atoms. The summed E-state index contributed by atoms with van der Waals surface area (Å²) in [5.41, 5.74) is 0.857. The Hall–Kier alpha value is -0.940. The summed E-state index contributed by atoms with van der Waals surface area (Å²) in [5.74, 6) is -1.32. The molecule has 0 aliphatic carbocycles. The van der Waals surface area contributed by atoms with Crippen LogP contribution in [-0.4, -0.2) is 29.1 Å². The van der Waals surface area contributed by atoms with E-state index in [1.54, 1.807) is 6.07 Å². The summed E-state index contributed by atoms with van der Waals surface area (Å²) in [6.07, 6.45) is 0.669. The molecule has 92 valence electrons. The van der Waals surface area contributed by atoms with Gasteiger partial charge in [0, 0.05) is 13.1 Å². The molecular formula is C12H13BrFNO2. The van der Waals surface area contributed by atoms with E-state index in [2.05, 4.69) is 15.9 Å². The molecule has 3 nitrogen and oxygen atoms in total. The van der Waals surface area contributed by atoms with Gasteiger partial charge in [0.25, 0.3) is 0 Å². The summed E-state index contributed by atoms with van der Waals surface area (Å²) in [7, 11) is 0. The lowest BCUT2D eigenvalue weighted by molar-refractivity contribution is -0.141. The van der Waals surface area contributed by atoms with Crippen molar-refractivity contribution >= 4 is 21.9 Å². The second kappa shape index (κ2) is 5.14. The minimum absolute atomic E-state index is 0.281. The molecule has 1 unspecified atom stereocenters. The van der Waals surface area contributed by atoms with Crippen LogP contribution in [0.5, 0.6) is 0 Å². The Morgan fingerprint density at radius 1 is 1.59 bits per heavy atom. The first-order valence-corrected chi connectivity index (χ1v) is 6.25. The molecule has 1 fully saturated rings. The van der Waals surface area contributed by atoms with Crippen LogP contribution in [0.4, 0.5) is 4.39 Å². The topological polar surface area (TPSA) is 40.5 Å². The van der Waals surface area contributed by atoms with E-state index >= 15 is 0 Å². The molecule has 1 N–H and O–H groups in total. The summed E-state index contributed by atoms with van der Waals surface area (Å²) >= 11 is 3.21. The number of carboxylic acids is 1. The fourth-order valence-corrected chi connectivity index (χ4v) is 2.48. The summed E-state index contributed by atoms with van der Waals surface area (Å²) in [6.45, 7) is 1.88. The SMILES string of the molecule is O=C(O)C1CCN(Cc2cccc(F)c2Br)C1. The van der Waals surface area contributed by atoms with Crippen LogP contribution < -0.4 is 0 Å². The van der Waals surface area contributed by atoms with Gasteiger partial charge in [-0.2, -0.15) is 0 Å². The van der Waals surface area contributed by atoms with Crippen molar-refractivity contribution in [2.75, 3.05) is 13.1 Å². The Labute approximate surface area is 107 Å². The van der Waals surface area contributed by atoms with Crippen molar-refractivity contribution in [2.24, 2.45) is 5.92 Å². The Balaban J connectivity index is 2.03. The highest BCUT2D eigenvalue weighted by Crippen LogP contribution is 2.24. The van der Waals surface area contributed by atoms with Crippen molar-refractivity contribution in [3.05, 3.63) is 34.1 Å². The third-order valence-electron chi connectivity index (χ3n) is 3.05. The lowest BCUT2D eigenvalue weighted by Crippen LogP contribution is -2.23. The van der Waals surface area contributed by atoms with Gasteiger partial charge in [0.1, 0.15) is 5.82 Å². The van der Waals surface area contributed by atoms with Crippen LogP contribution >= 0.6 is 15.9 Å². The Morgan fingerprint density at radius 3 is 3.00 bits per heavy atom. The second-order valence-electron chi connectivity index (χ2n) is 4.27. The Bertz CT molecular complexity index is 439. The number of rotatable bonds is 3. The number of halogens is 2. The quantitative estimate of drug-likeness (QED) is 0.932. The molecule has 0 amide bonds. The summed E-state index contributed by atoms with van der Waals surface area (Å²) in [4.78, 5) is 12.9. The van der Waals surface area contributed by atoms with Crippen LogP contribution in [0, 0.1) is 11.7 Å². The molecule has 0 spiro atoms. The highest BCUT2D eigenvalue weighted by molar-refractivity contribution is 9.10. The second-order valence-corrected chi connectivity index (χ2v) is 5.06. The van der Waals surface area contributed by atoms with E-state index in [-0.39, 0.29) is 11.7 Å². The number of carboxylic acid groups (broad SMARTS) is 1. The average Bonchev–Trinajstić information content (AvgIpc) is 2.73. The van der Waals surface area contributed by atoms with E-state index in [4.69, 9.17) is 5.11 Å². The standard InChI is InChI=1S/C12H13BrFNO2/c13-11-8(2-1-3-10(11)14)6-15-5-4-9(7-15)12(16)17/h1-3,9H,4-7H2,(H,16,17). The van der Waals surface area contributed by atoms with E-state index in [0.717, 1.165) is 12.1 Å². The van der Waals surface area contributed by atoms with Gasteiger partial charge >= 0.3 is 5.97 Å². The van der Waals surface area contributed by atoms with Gasteiger partial charge in [-0.25, -0.2) is 4.39 Å². The predicted octanol–water partition coefficient (Wildman–Crippen LogP) is 2.49. The highest BCUT2D eigenvalue weighted by atomic mass is 79.9. The largest absolute Gasteiger partial charge is 0.481 e. The van der Waals surface area contributed by atoms with Gasteiger partial charge in [0.05, 0.1) is 10.4 Å². The molecule has 1 atom stereocenters. The number of benzene rings is 1. The smallest absolute Gasteiger partial charge is 0.307 e. The zero-order valence-corrected chi connectivity index (χ0v) is 10.8. The lowest BCUT2D eigenvalue weighted by atomic mass is 10.1. The van der Waals surface area contributed by atoms with E-state index in [1.165, 1.54) is 6.07 Å². The van der Waals surface area contributed by atoms with Crippen LogP contribution in [0.15, 0.2) is 22.7 Å². The molecule has 0 radical (unpaired) electrons. The molecule has 1 heterocycles. The van der Waals surface area contributed by atoms with E-state index in [1.807, 2.05) is 11.0 Å². The number of hydrogen-bond donors (Lipinski definition) is 1. The van der Waals surface area contributed by atoms with Crippen molar-refractivity contribution in [3.8, 4) is 0 Å². The van der Waals surface area contributed by atoms with Crippen LogP contribution in [0.3, 0.4) is 0 Å². The van der Waals surface area contributed by atoms with E-state index in [0.29, 0.717) is 24.0 Å². The lowest BCUT2D eigenvalue weighted by Gasteiger charge is -2.16. The van der Waals surface area contributed by atoms with E-state index in [9.17, 15) is 9.18 Å². The van der Waals surface area contributed by atoms with E-state index < -0.39 is 5.97 Å². The Kier molecular flexibility index (Phi) is 3.79. The fourth-order valence-electron chi connectivity index (χ4n) is 2.09. The first-order valence-electron chi connectivity index (χ1n) is 5.46. The van der Waals surface area contributed by atoms with Crippen molar-refractivity contribution in [2.45, 2.75) is 13.0 Å². The molecule has 2 rings (SSSR count). The zero-order chi connectivity index (χ0) is 12.4. The maximum absolute atomic E-state index is 13.3. The molecule has 1 saturated heterocycles. The molecule has 0 saturated carbocycles. The minimum atomic E-state index is -0.745. The molecule has 1 aliphatic rings. The monoisotopic (exact) mass is 301 g/mol. The fraction of sp³-hybridized carbons (Fsp3) is 0.417. The zero-order valence-electron chi connectivity index (χ0n) is 9.20. The van der Waals surface area contributed by atoms with Gasteiger partial charge in [-0.05, 0) is 40.5 Å². The number of aliphatic carboxylic acids is 1. The van der Waals surface area contributed by atoms with Gasteiger partial charge in [0.15, 0.2) is 0 Å². The van der Waals surface area contributed by atoms with Gasteiger partial charge in [0.2, 0.25) is 0 Å². The number of likely N-dealkylation sites (tertiary alicyclic amines) is 1. The summed E-state index contributed by atoms with van der Waals surface area (Å²) in [6, 6.07) is 4.92. The third kappa shape index (κ3) is 2.84. The molecule has 1 aromatic rings. The van der Waals surface area contributed by atoms with Gasteiger partial charge in [-0.3, -0.25) is 9.69 Å². The molecule has 1 aromatic carbocycles. The highest BCUT2D eigenvalue weighted by Gasteiger charge is 2.28. The Morgan fingerprint density at radius 2 is 2.35 bits per heavy atom. The number of nitrogens with zero attached hydrogens (tertiary/aromatic N) is 1. The molecule has 0 aromatic heterocycles.